The van der Waals surface area contributed by atoms with E-state index in [1.54, 1.807) is 12.1 Å². The molecule has 4 rings (SSSR count). The summed E-state index contributed by atoms with van der Waals surface area (Å²) >= 11 is 3.11. The van der Waals surface area contributed by atoms with Crippen molar-refractivity contribution in [2.75, 3.05) is 4.90 Å². The Morgan fingerprint density at radius 1 is 1.07 bits per heavy atom. The van der Waals surface area contributed by atoms with Gasteiger partial charge in [0.05, 0.1) is 16.2 Å². The molecule has 1 atom stereocenters. The molecule has 0 saturated carbocycles. The van der Waals surface area contributed by atoms with E-state index in [0.717, 1.165) is 11.6 Å². The minimum atomic E-state index is -1.07. The van der Waals surface area contributed by atoms with Crippen LogP contribution < -0.4 is 4.90 Å². The Bertz CT molecular complexity index is 1070. The third-order valence-electron chi connectivity index (χ3n) is 5.11. The molecule has 1 amide bonds. The summed E-state index contributed by atoms with van der Waals surface area (Å²) in [5, 5.41) is 0. The molecule has 0 bridgehead atoms. The predicted molar refractivity (Wildman–Crippen MR) is 111 cm³/mol. The van der Waals surface area contributed by atoms with Crippen molar-refractivity contribution in [3.05, 3.63) is 99.3 Å². The SMILES string of the molecule is O=C(OCc1ccccc1)N1c2c(cc(F)c(F)c2Br)CCC1c1ccc(F)cc1. The van der Waals surface area contributed by atoms with E-state index in [1.165, 1.54) is 17.0 Å². The molecule has 3 aromatic rings. The molecule has 0 aromatic heterocycles. The van der Waals surface area contributed by atoms with Crippen LogP contribution in [-0.2, 0) is 17.8 Å². The lowest BCUT2D eigenvalue weighted by atomic mass is 9.91. The van der Waals surface area contributed by atoms with Gasteiger partial charge in [0.1, 0.15) is 12.4 Å². The molecule has 3 aromatic carbocycles. The second-order valence-electron chi connectivity index (χ2n) is 7.01. The Morgan fingerprint density at radius 3 is 2.47 bits per heavy atom. The van der Waals surface area contributed by atoms with E-state index in [1.807, 2.05) is 30.3 Å². The molecular formula is C23H17BrF3NO2. The van der Waals surface area contributed by atoms with Crippen molar-refractivity contribution < 1.29 is 22.7 Å². The fourth-order valence-corrected chi connectivity index (χ4v) is 4.31. The molecule has 154 valence electrons. The highest BCUT2D eigenvalue weighted by Gasteiger charge is 2.36. The summed E-state index contributed by atoms with van der Waals surface area (Å²) in [5.74, 6) is -2.46. The van der Waals surface area contributed by atoms with Crippen LogP contribution in [0.2, 0.25) is 0 Å². The second-order valence-corrected chi connectivity index (χ2v) is 7.80. The lowest BCUT2D eigenvalue weighted by molar-refractivity contribution is 0.143. The summed E-state index contributed by atoms with van der Waals surface area (Å²) in [6, 6.07) is 15.5. The number of nitrogens with zero attached hydrogens (tertiary/aromatic N) is 1. The summed E-state index contributed by atoms with van der Waals surface area (Å²) in [6.45, 7) is 0.0307. The average molecular weight is 476 g/mol. The lowest BCUT2D eigenvalue weighted by Gasteiger charge is -2.37. The average Bonchev–Trinajstić information content (AvgIpc) is 2.76. The number of benzene rings is 3. The number of anilines is 1. The normalized spacial score (nSPS) is 15.6. The zero-order chi connectivity index (χ0) is 21.3. The van der Waals surface area contributed by atoms with E-state index in [4.69, 9.17) is 4.74 Å². The van der Waals surface area contributed by atoms with Crippen molar-refractivity contribution in [1.82, 2.24) is 0 Å². The maximum Gasteiger partial charge on any atom is 0.415 e. The standard InChI is InChI=1S/C23H17BrF3NO2/c24-20-21(27)18(26)12-16-8-11-19(15-6-9-17(25)10-7-15)28(22(16)20)23(29)30-13-14-4-2-1-3-5-14/h1-7,9-10,12,19H,8,11,13H2. The summed E-state index contributed by atoms with van der Waals surface area (Å²) in [5.41, 5.74) is 2.20. The number of aryl methyl sites for hydroxylation is 1. The molecule has 0 aliphatic carbocycles. The summed E-state index contributed by atoms with van der Waals surface area (Å²) in [4.78, 5) is 14.4. The molecule has 1 heterocycles. The molecule has 7 heteroatoms. The van der Waals surface area contributed by atoms with Crippen LogP contribution in [0.3, 0.4) is 0 Å². The van der Waals surface area contributed by atoms with Gasteiger partial charge in [-0.15, -0.1) is 0 Å². The van der Waals surface area contributed by atoms with Gasteiger partial charge in [0.2, 0.25) is 0 Å². The molecule has 0 spiro atoms. The Morgan fingerprint density at radius 2 is 1.77 bits per heavy atom. The van der Waals surface area contributed by atoms with Crippen LogP contribution >= 0.6 is 15.9 Å². The van der Waals surface area contributed by atoms with E-state index >= 15 is 0 Å². The van der Waals surface area contributed by atoms with Gasteiger partial charge in [0.15, 0.2) is 11.6 Å². The van der Waals surface area contributed by atoms with Crippen molar-refractivity contribution >= 4 is 27.7 Å². The zero-order valence-corrected chi connectivity index (χ0v) is 17.3. The molecule has 0 radical (unpaired) electrons. The van der Waals surface area contributed by atoms with Crippen molar-refractivity contribution in [2.45, 2.75) is 25.5 Å². The first kappa shape index (κ1) is 20.5. The molecular weight excluding hydrogens is 459 g/mol. The van der Waals surface area contributed by atoms with E-state index in [2.05, 4.69) is 15.9 Å². The monoisotopic (exact) mass is 475 g/mol. The summed E-state index contributed by atoms with van der Waals surface area (Å²) in [7, 11) is 0. The Kier molecular flexibility index (Phi) is 5.81. The fraction of sp³-hybridized carbons (Fsp3) is 0.174. The minimum absolute atomic E-state index is 0.0307. The molecule has 3 nitrogen and oxygen atoms in total. The Balaban J connectivity index is 1.73. The van der Waals surface area contributed by atoms with Gasteiger partial charge in [-0.05, 0) is 63.7 Å². The molecule has 1 aliphatic heterocycles. The number of rotatable bonds is 3. The third kappa shape index (κ3) is 3.94. The Labute approximate surface area is 180 Å². The largest absolute Gasteiger partial charge is 0.444 e. The number of hydrogen-bond donors (Lipinski definition) is 0. The molecule has 30 heavy (non-hydrogen) atoms. The van der Waals surface area contributed by atoms with Gasteiger partial charge in [-0.3, -0.25) is 4.90 Å². The van der Waals surface area contributed by atoms with Gasteiger partial charge < -0.3 is 4.74 Å². The van der Waals surface area contributed by atoms with Crippen LogP contribution in [-0.4, -0.2) is 6.09 Å². The summed E-state index contributed by atoms with van der Waals surface area (Å²) in [6.07, 6.45) is 0.188. The maximum absolute atomic E-state index is 14.3. The van der Waals surface area contributed by atoms with E-state index in [9.17, 15) is 18.0 Å². The van der Waals surface area contributed by atoms with Crippen LogP contribution in [0.1, 0.15) is 29.2 Å². The molecule has 1 aliphatic rings. The van der Waals surface area contributed by atoms with Crippen LogP contribution in [0, 0.1) is 17.5 Å². The molecule has 1 unspecified atom stereocenters. The van der Waals surface area contributed by atoms with E-state index in [-0.39, 0.29) is 16.8 Å². The summed E-state index contributed by atoms with van der Waals surface area (Å²) < 4.78 is 47.1. The zero-order valence-electron chi connectivity index (χ0n) is 15.7. The minimum Gasteiger partial charge on any atom is -0.444 e. The number of amides is 1. The van der Waals surface area contributed by atoms with E-state index in [0.29, 0.717) is 24.0 Å². The van der Waals surface area contributed by atoms with Gasteiger partial charge >= 0.3 is 6.09 Å². The topological polar surface area (TPSA) is 29.5 Å². The highest BCUT2D eigenvalue weighted by Crippen LogP contribution is 2.44. The maximum atomic E-state index is 14.3. The highest BCUT2D eigenvalue weighted by atomic mass is 79.9. The fourth-order valence-electron chi connectivity index (χ4n) is 3.67. The van der Waals surface area contributed by atoms with Gasteiger partial charge in [-0.25, -0.2) is 18.0 Å². The first-order chi connectivity index (χ1) is 14.5. The van der Waals surface area contributed by atoms with Crippen LogP contribution in [0.4, 0.5) is 23.7 Å². The number of fused-ring (bicyclic) bond motifs is 1. The molecule has 0 N–H and O–H groups in total. The van der Waals surface area contributed by atoms with Gasteiger partial charge in [0.25, 0.3) is 0 Å². The van der Waals surface area contributed by atoms with Crippen LogP contribution in [0.25, 0.3) is 0 Å². The van der Waals surface area contributed by atoms with Crippen molar-refractivity contribution in [2.24, 2.45) is 0 Å². The number of halogens is 4. The quantitative estimate of drug-likeness (QED) is 0.394. The predicted octanol–water partition coefficient (Wildman–Crippen LogP) is 6.70. The third-order valence-corrected chi connectivity index (χ3v) is 5.84. The van der Waals surface area contributed by atoms with Gasteiger partial charge in [0, 0.05) is 0 Å². The number of ether oxygens (including phenoxy) is 1. The van der Waals surface area contributed by atoms with E-state index < -0.39 is 29.6 Å². The van der Waals surface area contributed by atoms with Crippen LogP contribution in [0.15, 0.2) is 65.1 Å². The van der Waals surface area contributed by atoms with Crippen molar-refractivity contribution in [3.8, 4) is 0 Å². The highest BCUT2D eigenvalue weighted by molar-refractivity contribution is 9.10. The van der Waals surface area contributed by atoms with Crippen molar-refractivity contribution in [3.63, 3.8) is 0 Å². The number of carbonyl (C=O) groups is 1. The Hall–Kier alpha value is -2.80. The van der Waals surface area contributed by atoms with Gasteiger partial charge in [-0.1, -0.05) is 42.5 Å². The number of hydrogen-bond acceptors (Lipinski definition) is 2. The van der Waals surface area contributed by atoms with Crippen LogP contribution in [0.5, 0.6) is 0 Å². The second kappa shape index (κ2) is 8.52. The first-order valence-electron chi connectivity index (χ1n) is 9.37. The van der Waals surface area contributed by atoms with Gasteiger partial charge in [-0.2, -0.15) is 0 Å². The lowest BCUT2D eigenvalue weighted by Crippen LogP contribution is -2.39. The smallest absolute Gasteiger partial charge is 0.415 e. The molecule has 0 fully saturated rings. The van der Waals surface area contributed by atoms with Crippen molar-refractivity contribution in [1.29, 1.82) is 0 Å². The first-order valence-corrected chi connectivity index (χ1v) is 10.2. The molecule has 0 saturated heterocycles. The number of carbonyl (C=O) groups excluding carboxylic acids is 1.